The zero-order chi connectivity index (χ0) is 14.0. The molecular weight excluding hydrogens is 310 g/mol. The van der Waals surface area contributed by atoms with Crippen LogP contribution >= 0.6 is 12.4 Å². The van der Waals surface area contributed by atoms with Crippen molar-refractivity contribution in [3.8, 4) is 0 Å². The highest BCUT2D eigenvalue weighted by molar-refractivity contribution is 7.89. The van der Waals surface area contributed by atoms with Crippen LogP contribution in [0.3, 0.4) is 0 Å². The molecule has 1 aromatic carbocycles. The van der Waals surface area contributed by atoms with E-state index in [0.717, 1.165) is 18.6 Å². The van der Waals surface area contributed by atoms with Gasteiger partial charge in [0.2, 0.25) is 10.0 Å². The first-order chi connectivity index (χ1) is 8.96. The van der Waals surface area contributed by atoms with Gasteiger partial charge in [0.25, 0.3) is 0 Å². The minimum Gasteiger partial charge on any atom is -0.319 e. The Morgan fingerprint density at radius 3 is 2.75 bits per heavy atom. The Bertz CT molecular complexity index is 569. The fourth-order valence-corrected chi connectivity index (χ4v) is 3.90. The van der Waals surface area contributed by atoms with Crippen LogP contribution < -0.4 is 5.32 Å². The lowest BCUT2D eigenvalue weighted by Crippen LogP contribution is -2.31. The standard InChI is InChI=1S/C12H16F2N2O2S.ClH/c1-15-7-9-5-6-16(8-9)19(17,18)11-4-2-3-10(13)12(11)14;/h2-4,9,15H,5-8H2,1H3;1H. The molecule has 20 heavy (non-hydrogen) atoms. The van der Waals surface area contributed by atoms with E-state index >= 15 is 0 Å². The highest BCUT2D eigenvalue weighted by Gasteiger charge is 2.34. The average molecular weight is 327 g/mol. The first-order valence-corrected chi connectivity index (χ1v) is 7.49. The molecule has 1 saturated heterocycles. The van der Waals surface area contributed by atoms with E-state index in [-0.39, 0.29) is 18.3 Å². The minimum absolute atomic E-state index is 0. The molecule has 0 spiro atoms. The van der Waals surface area contributed by atoms with Crippen LogP contribution in [0.4, 0.5) is 8.78 Å². The van der Waals surface area contributed by atoms with E-state index in [1.807, 2.05) is 0 Å². The Balaban J connectivity index is 0.00000200. The molecule has 1 unspecified atom stereocenters. The lowest BCUT2D eigenvalue weighted by atomic mass is 10.1. The van der Waals surface area contributed by atoms with Crippen LogP contribution in [-0.4, -0.2) is 39.4 Å². The summed E-state index contributed by atoms with van der Waals surface area (Å²) in [6.45, 7) is 1.38. The van der Waals surface area contributed by atoms with E-state index < -0.39 is 26.6 Å². The van der Waals surface area contributed by atoms with Crippen LogP contribution in [0.2, 0.25) is 0 Å². The Hall–Kier alpha value is -0.760. The monoisotopic (exact) mass is 326 g/mol. The fourth-order valence-electron chi connectivity index (χ4n) is 2.29. The minimum atomic E-state index is -3.95. The summed E-state index contributed by atoms with van der Waals surface area (Å²) < 4.78 is 52.5. The molecule has 114 valence electrons. The van der Waals surface area contributed by atoms with E-state index in [9.17, 15) is 17.2 Å². The molecule has 1 fully saturated rings. The summed E-state index contributed by atoms with van der Waals surface area (Å²) in [5.74, 6) is -2.25. The smallest absolute Gasteiger partial charge is 0.246 e. The zero-order valence-corrected chi connectivity index (χ0v) is 12.6. The second-order valence-electron chi connectivity index (χ2n) is 4.63. The van der Waals surface area contributed by atoms with Crippen LogP contribution in [-0.2, 0) is 10.0 Å². The molecule has 1 heterocycles. The number of hydrogen-bond acceptors (Lipinski definition) is 3. The highest BCUT2D eigenvalue weighted by atomic mass is 35.5. The molecule has 8 heteroatoms. The van der Waals surface area contributed by atoms with Crippen molar-refractivity contribution in [1.29, 1.82) is 0 Å². The number of benzene rings is 1. The van der Waals surface area contributed by atoms with Crippen LogP contribution in [0.5, 0.6) is 0 Å². The Morgan fingerprint density at radius 2 is 2.10 bits per heavy atom. The van der Waals surface area contributed by atoms with Crippen molar-refractivity contribution in [2.24, 2.45) is 5.92 Å². The quantitative estimate of drug-likeness (QED) is 0.914. The number of rotatable bonds is 4. The van der Waals surface area contributed by atoms with Gasteiger partial charge in [-0.05, 0) is 38.1 Å². The molecule has 1 N–H and O–H groups in total. The van der Waals surface area contributed by atoms with Gasteiger partial charge in [-0.2, -0.15) is 4.31 Å². The van der Waals surface area contributed by atoms with Crippen LogP contribution in [0, 0.1) is 17.6 Å². The van der Waals surface area contributed by atoms with Gasteiger partial charge < -0.3 is 5.32 Å². The lowest BCUT2D eigenvalue weighted by molar-refractivity contribution is 0.438. The van der Waals surface area contributed by atoms with Gasteiger partial charge in [-0.25, -0.2) is 17.2 Å². The Labute approximate surface area is 123 Å². The van der Waals surface area contributed by atoms with E-state index in [0.29, 0.717) is 19.6 Å². The summed E-state index contributed by atoms with van der Waals surface area (Å²) in [6, 6.07) is 3.20. The van der Waals surface area contributed by atoms with Gasteiger partial charge >= 0.3 is 0 Å². The van der Waals surface area contributed by atoms with Crippen molar-refractivity contribution in [3.63, 3.8) is 0 Å². The topological polar surface area (TPSA) is 49.4 Å². The third-order valence-corrected chi connectivity index (χ3v) is 5.16. The Morgan fingerprint density at radius 1 is 1.40 bits per heavy atom. The lowest BCUT2D eigenvalue weighted by Gasteiger charge is -2.17. The van der Waals surface area contributed by atoms with Crippen molar-refractivity contribution in [1.82, 2.24) is 9.62 Å². The zero-order valence-electron chi connectivity index (χ0n) is 11.0. The number of hydrogen-bond donors (Lipinski definition) is 1. The maximum atomic E-state index is 13.6. The largest absolute Gasteiger partial charge is 0.319 e. The SMILES string of the molecule is CNCC1CCN(S(=O)(=O)c2cccc(F)c2F)C1.Cl. The van der Waals surface area contributed by atoms with E-state index in [2.05, 4.69) is 5.32 Å². The van der Waals surface area contributed by atoms with Crippen molar-refractivity contribution in [3.05, 3.63) is 29.8 Å². The summed E-state index contributed by atoms with van der Waals surface area (Å²) in [6.07, 6.45) is 0.719. The first kappa shape index (κ1) is 17.3. The molecule has 1 aliphatic heterocycles. The average Bonchev–Trinajstić information content (AvgIpc) is 2.82. The van der Waals surface area contributed by atoms with E-state index in [1.54, 1.807) is 7.05 Å². The number of halogens is 3. The molecule has 4 nitrogen and oxygen atoms in total. The molecule has 0 radical (unpaired) electrons. The molecule has 0 bridgehead atoms. The fraction of sp³-hybridized carbons (Fsp3) is 0.500. The number of nitrogens with zero attached hydrogens (tertiary/aromatic N) is 1. The second kappa shape index (κ2) is 6.80. The van der Waals surface area contributed by atoms with Gasteiger partial charge in [0, 0.05) is 13.1 Å². The predicted molar refractivity (Wildman–Crippen MR) is 74.4 cm³/mol. The summed E-state index contributed by atoms with van der Waals surface area (Å²) in [5.41, 5.74) is 0. The second-order valence-corrected chi connectivity index (χ2v) is 6.53. The summed E-state index contributed by atoms with van der Waals surface area (Å²) >= 11 is 0. The van der Waals surface area contributed by atoms with E-state index in [4.69, 9.17) is 0 Å². The van der Waals surface area contributed by atoms with Crippen molar-refractivity contribution >= 4 is 22.4 Å². The third-order valence-electron chi connectivity index (χ3n) is 3.28. The molecule has 1 aromatic rings. The van der Waals surface area contributed by atoms with Gasteiger partial charge in [0.1, 0.15) is 4.90 Å². The normalized spacial score (nSPS) is 19.9. The van der Waals surface area contributed by atoms with Crippen LogP contribution in [0.25, 0.3) is 0 Å². The van der Waals surface area contributed by atoms with Crippen molar-refractivity contribution < 1.29 is 17.2 Å². The summed E-state index contributed by atoms with van der Waals surface area (Å²) in [5, 5.41) is 2.99. The maximum absolute atomic E-state index is 13.6. The van der Waals surface area contributed by atoms with Gasteiger partial charge in [-0.3, -0.25) is 0 Å². The first-order valence-electron chi connectivity index (χ1n) is 6.05. The maximum Gasteiger partial charge on any atom is 0.246 e. The molecule has 2 rings (SSSR count). The molecular formula is C12H17ClF2N2O2S. The Kier molecular flexibility index (Phi) is 5.88. The van der Waals surface area contributed by atoms with Crippen LogP contribution in [0.15, 0.2) is 23.1 Å². The summed E-state index contributed by atoms with van der Waals surface area (Å²) in [4.78, 5) is -0.586. The molecule has 0 amide bonds. The van der Waals surface area contributed by atoms with Crippen molar-refractivity contribution in [2.45, 2.75) is 11.3 Å². The van der Waals surface area contributed by atoms with Gasteiger partial charge in [-0.15, -0.1) is 12.4 Å². The van der Waals surface area contributed by atoms with Gasteiger partial charge in [-0.1, -0.05) is 6.07 Å². The molecule has 0 aromatic heterocycles. The number of nitrogens with one attached hydrogen (secondary N) is 1. The third kappa shape index (κ3) is 3.28. The van der Waals surface area contributed by atoms with Gasteiger partial charge in [0.05, 0.1) is 0 Å². The van der Waals surface area contributed by atoms with Crippen molar-refractivity contribution in [2.75, 3.05) is 26.7 Å². The van der Waals surface area contributed by atoms with Gasteiger partial charge in [0.15, 0.2) is 11.6 Å². The molecule has 0 saturated carbocycles. The molecule has 0 aliphatic carbocycles. The predicted octanol–water partition coefficient (Wildman–Crippen LogP) is 1.62. The summed E-state index contributed by atoms with van der Waals surface area (Å²) in [7, 11) is -2.16. The number of sulfonamides is 1. The highest BCUT2D eigenvalue weighted by Crippen LogP contribution is 2.26. The van der Waals surface area contributed by atoms with E-state index in [1.165, 1.54) is 10.4 Å². The van der Waals surface area contributed by atoms with Crippen LogP contribution in [0.1, 0.15) is 6.42 Å². The molecule has 1 aliphatic rings. The molecule has 1 atom stereocenters.